The molecule has 2 heterocycles. The van der Waals surface area contributed by atoms with Crippen molar-refractivity contribution in [1.29, 1.82) is 0 Å². The normalized spacial score (nSPS) is 21.2. The Bertz CT molecular complexity index is 815. The van der Waals surface area contributed by atoms with E-state index in [1.54, 1.807) is 18.2 Å². The lowest BCUT2D eigenvalue weighted by molar-refractivity contribution is -0.122. The Morgan fingerprint density at radius 3 is 2.86 bits per heavy atom. The van der Waals surface area contributed by atoms with Crippen LogP contribution >= 0.6 is 0 Å². The monoisotopic (exact) mass is 386 g/mol. The van der Waals surface area contributed by atoms with E-state index in [1.165, 1.54) is 6.07 Å². The first kappa shape index (κ1) is 19.9. The zero-order valence-corrected chi connectivity index (χ0v) is 16.2. The fourth-order valence-corrected chi connectivity index (χ4v) is 3.67. The van der Waals surface area contributed by atoms with Gasteiger partial charge in [-0.25, -0.2) is 4.79 Å². The van der Waals surface area contributed by atoms with Crippen molar-refractivity contribution in [3.8, 4) is 5.75 Å². The minimum absolute atomic E-state index is 0.0274. The molecule has 150 valence electrons. The summed E-state index contributed by atoms with van der Waals surface area (Å²) in [5, 5.41) is 15.6. The molecule has 7 nitrogen and oxygen atoms in total. The molecule has 1 fully saturated rings. The molecular formula is C21H26N2O5. The van der Waals surface area contributed by atoms with E-state index >= 15 is 0 Å². The number of amides is 2. The highest BCUT2D eigenvalue weighted by atomic mass is 16.5. The Morgan fingerprint density at radius 1 is 1.39 bits per heavy atom. The maximum atomic E-state index is 12.5. The van der Waals surface area contributed by atoms with Gasteiger partial charge in [-0.15, -0.1) is 0 Å². The first-order chi connectivity index (χ1) is 13.3. The van der Waals surface area contributed by atoms with Crippen molar-refractivity contribution in [2.45, 2.75) is 51.7 Å². The molecule has 2 atom stereocenters. The predicted octanol–water partition coefficient (Wildman–Crippen LogP) is 1.84. The first-order valence-corrected chi connectivity index (χ1v) is 9.59. The van der Waals surface area contributed by atoms with Gasteiger partial charge < -0.3 is 20.5 Å². The summed E-state index contributed by atoms with van der Waals surface area (Å²) in [6, 6.07) is 4.63. The Labute approximate surface area is 164 Å². The van der Waals surface area contributed by atoms with E-state index in [0.717, 1.165) is 11.1 Å². The van der Waals surface area contributed by atoms with Crippen LogP contribution in [0.2, 0.25) is 0 Å². The highest BCUT2D eigenvalue weighted by Gasteiger charge is 2.34. The van der Waals surface area contributed by atoms with E-state index in [9.17, 15) is 19.5 Å². The lowest BCUT2D eigenvalue weighted by atomic mass is 9.90. The van der Waals surface area contributed by atoms with Crippen molar-refractivity contribution in [2.75, 3.05) is 6.54 Å². The summed E-state index contributed by atoms with van der Waals surface area (Å²) in [5.41, 5.74) is 1.84. The fraction of sp³-hybridized carbons (Fsp3) is 0.476. The van der Waals surface area contributed by atoms with Crippen LogP contribution in [0, 0.1) is 5.92 Å². The van der Waals surface area contributed by atoms with E-state index in [1.807, 2.05) is 13.8 Å². The molecule has 1 aromatic carbocycles. The number of aromatic hydroxyl groups is 1. The third-order valence-electron chi connectivity index (χ3n) is 5.01. The number of fused-ring (bicyclic) bond motifs is 1. The Morgan fingerprint density at radius 2 is 2.18 bits per heavy atom. The Balaban J connectivity index is 1.69. The van der Waals surface area contributed by atoms with Crippen LogP contribution in [-0.2, 0) is 20.7 Å². The van der Waals surface area contributed by atoms with Crippen molar-refractivity contribution < 1.29 is 24.2 Å². The van der Waals surface area contributed by atoms with Gasteiger partial charge in [0.05, 0.1) is 6.04 Å². The van der Waals surface area contributed by atoms with Crippen molar-refractivity contribution in [2.24, 2.45) is 5.92 Å². The molecule has 1 aromatic rings. The Kier molecular flexibility index (Phi) is 6.02. The second kappa shape index (κ2) is 8.46. The predicted molar refractivity (Wildman–Crippen MR) is 103 cm³/mol. The number of ether oxygens (including phenoxy) is 1. The first-order valence-electron chi connectivity index (χ1n) is 9.59. The van der Waals surface area contributed by atoms with Crippen LogP contribution in [0.5, 0.6) is 5.75 Å². The molecule has 2 unspecified atom stereocenters. The summed E-state index contributed by atoms with van der Waals surface area (Å²) < 4.78 is 5.57. The van der Waals surface area contributed by atoms with Gasteiger partial charge in [0.2, 0.25) is 11.8 Å². The molecule has 2 amide bonds. The van der Waals surface area contributed by atoms with Gasteiger partial charge in [0.25, 0.3) is 0 Å². The highest BCUT2D eigenvalue weighted by Crippen LogP contribution is 2.30. The zero-order valence-electron chi connectivity index (χ0n) is 16.2. The molecule has 2 aliphatic rings. The summed E-state index contributed by atoms with van der Waals surface area (Å²) in [6.07, 6.45) is 2.90. The summed E-state index contributed by atoms with van der Waals surface area (Å²) in [6.45, 7) is 4.57. The van der Waals surface area contributed by atoms with E-state index in [-0.39, 0.29) is 35.6 Å². The summed E-state index contributed by atoms with van der Waals surface area (Å²) >= 11 is 0. The lowest BCUT2D eigenvalue weighted by Crippen LogP contribution is -2.48. The van der Waals surface area contributed by atoms with Gasteiger partial charge in [0.1, 0.15) is 17.4 Å². The maximum absolute atomic E-state index is 12.5. The number of hydrogen-bond acceptors (Lipinski definition) is 5. The van der Waals surface area contributed by atoms with Gasteiger partial charge in [-0.1, -0.05) is 32.1 Å². The van der Waals surface area contributed by atoms with E-state index in [0.29, 0.717) is 31.7 Å². The number of hydrogen-bond donors (Lipinski definition) is 3. The van der Waals surface area contributed by atoms with E-state index in [2.05, 4.69) is 10.6 Å². The number of benzene rings is 1. The molecular weight excluding hydrogens is 360 g/mol. The molecule has 0 bridgehead atoms. The third-order valence-corrected chi connectivity index (χ3v) is 5.01. The van der Waals surface area contributed by atoms with Gasteiger partial charge in [0.15, 0.2) is 0 Å². The molecule has 2 aliphatic heterocycles. The fourth-order valence-electron chi connectivity index (χ4n) is 3.67. The van der Waals surface area contributed by atoms with Crippen molar-refractivity contribution in [3.63, 3.8) is 0 Å². The molecule has 3 N–H and O–H groups in total. The second-order valence-electron chi connectivity index (χ2n) is 7.78. The van der Waals surface area contributed by atoms with E-state index < -0.39 is 12.1 Å². The number of phenols is 1. The quantitative estimate of drug-likeness (QED) is 0.511. The van der Waals surface area contributed by atoms with Crippen molar-refractivity contribution in [1.82, 2.24) is 10.6 Å². The van der Waals surface area contributed by atoms with Gasteiger partial charge >= 0.3 is 5.97 Å². The van der Waals surface area contributed by atoms with Crippen molar-refractivity contribution in [3.05, 3.63) is 41.0 Å². The molecule has 0 saturated carbocycles. The minimum atomic E-state index is -0.565. The number of rotatable bonds is 6. The average molecular weight is 386 g/mol. The number of carbonyl (C=O) groups is 3. The summed E-state index contributed by atoms with van der Waals surface area (Å²) in [7, 11) is 0. The molecule has 0 spiro atoms. The van der Waals surface area contributed by atoms with Crippen LogP contribution in [0.1, 0.15) is 49.0 Å². The average Bonchev–Trinajstić information content (AvgIpc) is 3.04. The standard InChI is InChI=1S/C21H26N2O5/c1-12(2)8-15(23-18(25)7-6-13-9-19(26)22-11-13)17-10-14-4-3-5-16(24)20(14)21(27)28-17/h3-6,12,15,17,24H,7-11H2,1-2H3,(H,22,26)(H,23,25). The number of nitrogens with one attached hydrogen (secondary N) is 2. The van der Waals surface area contributed by atoms with Gasteiger partial charge in [-0.05, 0) is 29.5 Å². The molecule has 0 aromatic heterocycles. The SMILES string of the molecule is CC(C)CC(NC(=O)CC=C1CNC(=O)C1)C1Cc2cccc(O)c2C(=O)O1. The molecule has 0 aliphatic carbocycles. The lowest BCUT2D eigenvalue weighted by Gasteiger charge is -2.32. The van der Waals surface area contributed by atoms with Crippen LogP contribution in [0.4, 0.5) is 0 Å². The molecule has 3 rings (SSSR count). The molecule has 28 heavy (non-hydrogen) atoms. The summed E-state index contributed by atoms with van der Waals surface area (Å²) in [5.74, 6) is -0.554. The number of phenolic OH excluding ortho intramolecular Hbond substituents is 1. The van der Waals surface area contributed by atoms with Gasteiger partial charge in [0, 0.05) is 25.8 Å². The van der Waals surface area contributed by atoms with Crippen molar-refractivity contribution >= 4 is 17.8 Å². The largest absolute Gasteiger partial charge is 0.507 e. The smallest absolute Gasteiger partial charge is 0.342 e. The van der Waals surface area contributed by atoms with Crippen LogP contribution in [0.15, 0.2) is 29.8 Å². The highest BCUT2D eigenvalue weighted by molar-refractivity contribution is 5.95. The molecule has 0 radical (unpaired) electrons. The summed E-state index contributed by atoms with van der Waals surface area (Å²) in [4.78, 5) is 36.1. The van der Waals surface area contributed by atoms with Crippen LogP contribution < -0.4 is 10.6 Å². The van der Waals surface area contributed by atoms with Gasteiger partial charge in [-0.3, -0.25) is 9.59 Å². The maximum Gasteiger partial charge on any atom is 0.342 e. The van der Waals surface area contributed by atoms with Crippen LogP contribution in [0.3, 0.4) is 0 Å². The third kappa shape index (κ3) is 4.71. The number of cyclic esters (lactones) is 1. The van der Waals surface area contributed by atoms with Crippen LogP contribution in [0.25, 0.3) is 0 Å². The molecule has 7 heteroatoms. The number of carbonyl (C=O) groups excluding carboxylic acids is 3. The second-order valence-corrected chi connectivity index (χ2v) is 7.78. The van der Waals surface area contributed by atoms with Crippen LogP contribution in [-0.4, -0.2) is 41.6 Å². The zero-order chi connectivity index (χ0) is 20.3. The minimum Gasteiger partial charge on any atom is -0.507 e. The topological polar surface area (TPSA) is 105 Å². The van der Waals surface area contributed by atoms with Gasteiger partial charge in [-0.2, -0.15) is 0 Å². The number of esters is 1. The van der Waals surface area contributed by atoms with E-state index in [4.69, 9.17) is 4.74 Å². The molecule has 1 saturated heterocycles. The Hall–Kier alpha value is -2.83.